The van der Waals surface area contributed by atoms with Crippen molar-refractivity contribution in [2.24, 2.45) is 0 Å². The highest BCUT2D eigenvalue weighted by Gasteiger charge is 2.36. The predicted molar refractivity (Wildman–Crippen MR) is 109 cm³/mol. The second-order valence-corrected chi connectivity index (χ2v) is 7.38. The highest BCUT2D eigenvalue weighted by atomic mass is 35.5. The number of benzene rings is 1. The summed E-state index contributed by atoms with van der Waals surface area (Å²) in [6.45, 7) is 1.97. The summed E-state index contributed by atoms with van der Waals surface area (Å²) in [5.74, 6) is -1.67. The van der Waals surface area contributed by atoms with E-state index < -0.39 is 23.9 Å². The minimum atomic E-state index is -4.90. The van der Waals surface area contributed by atoms with Crippen molar-refractivity contribution in [3.8, 4) is 5.75 Å². The number of hydrogen-bond acceptors (Lipinski definition) is 5. The van der Waals surface area contributed by atoms with Crippen LogP contribution in [0, 0.1) is 0 Å². The van der Waals surface area contributed by atoms with Crippen LogP contribution in [-0.4, -0.2) is 39.5 Å². The highest BCUT2D eigenvalue weighted by molar-refractivity contribution is 6.32. The Morgan fingerprint density at radius 1 is 1.28 bits per heavy atom. The van der Waals surface area contributed by atoms with Gasteiger partial charge in [0.15, 0.2) is 0 Å². The van der Waals surface area contributed by atoms with E-state index in [1.807, 2.05) is 0 Å². The summed E-state index contributed by atoms with van der Waals surface area (Å²) in [5.41, 5.74) is 0.806. The van der Waals surface area contributed by atoms with Gasteiger partial charge in [0, 0.05) is 18.4 Å². The van der Waals surface area contributed by atoms with Crippen LogP contribution in [0.4, 0.5) is 24.5 Å². The molecule has 4 rings (SSSR count). The number of alkyl halides is 3. The Balaban J connectivity index is 1.64. The molecule has 1 aliphatic heterocycles. The third kappa shape index (κ3) is 4.24. The molecular weight excluding hydrogens is 451 g/mol. The molecule has 2 amide bonds. The zero-order valence-corrected chi connectivity index (χ0v) is 17.2. The van der Waals surface area contributed by atoms with Crippen LogP contribution in [0.2, 0.25) is 5.02 Å². The van der Waals surface area contributed by atoms with E-state index in [4.69, 9.17) is 11.6 Å². The molecule has 0 radical (unpaired) electrons. The van der Waals surface area contributed by atoms with Crippen LogP contribution >= 0.6 is 11.6 Å². The van der Waals surface area contributed by atoms with Gasteiger partial charge in [-0.3, -0.25) is 19.3 Å². The number of rotatable bonds is 4. The molecule has 1 atom stereocenters. The zero-order chi connectivity index (χ0) is 23.0. The quantitative estimate of drug-likeness (QED) is 0.620. The Hall–Kier alpha value is -3.60. The van der Waals surface area contributed by atoms with Gasteiger partial charge in [-0.05, 0) is 37.3 Å². The van der Waals surface area contributed by atoms with Gasteiger partial charge in [0.2, 0.25) is 0 Å². The van der Waals surface area contributed by atoms with Gasteiger partial charge >= 0.3 is 6.36 Å². The van der Waals surface area contributed by atoms with Crippen LogP contribution in [0.15, 0.2) is 48.9 Å². The summed E-state index contributed by atoms with van der Waals surface area (Å²) >= 11 is 5.94. The van der Waals surface area contributed by atoms with Gasteiger partial charge in [0.1, 0.15) is 11.4 Å². The number of pyridine rings is 1. The molecule has 0 unspecified atom stereocenters. The molecule has 32 heavy (non-hydrogen) atoms. The monoisotopic (exact) mass is 465 g/mol. The summed E-state index contributed by atoms with van der Waals surface area (Å²) in [6.07, 6.45) is -0.594. The molecule has 0 bridgehead atoms. The van der Waals surface area contributed by atoms with E-state index in [1.54, 1.807) is 25.3 Å². The Morgan fingerprint density at radius 3 is 2.72 bits per heavy atom. The number of amides is 2. The van der Waals surface area contributed by atoms with Gasteiger partial charge in [0.25, 0.3) is 11.8 Å². The van der Waals surface area contributed by atoms with Gasteiger partial charge in [0.05, 0.1) is 34.7 Å². The second-order valence-electron chi connectivity index (χ2n) is 6.97. The standard InChI is InChI=1S/C20H15ClF3N5O3/c1-11-10-28(13-4-5-16(15(21)7-13)32-20(22,23)24)19(31)17-14(9-26-29(11)17)18(30)27-12-3-2-6-25-8-12/h2-9,11H,10H2,1H3,(H,27,30)/t11-/m0/s1. The number of ether oxygens (including phenoxy) is 1. The maximum Gasteiger partial charge on any atom is 0.573 e. The van der Waals surface area contributed by atoms with Crippen molar-refractivity contribution >= 4 is 34.8 Å². The number of nitrogens with zero attached hydrogens (tertiary/aromatic N) is 4. The first-order valence-electron chi connectivity index (χ1n) is 9.30. The van der Waals surface area contributed by atoms with E-state index >= 15 is 0 Å². The summed E-state index contributed by atoms with van der Waals surface area (Å²) in [5, 5.41) is 6.51. The maximum atomic E-state index is 13.2. The van der Waals surface area contributed by atoms with Crippen molar-refractivity contribution in [1.29, 1.82) is 0 Å². The molecule has 1 N–H and O–H groups in total. The second kappa shape index (κ2) is 8.15. The zero-order valence-electron chi connectivity index (χ0n) is 16.4. The number of hydrogen-bond donors (Lipinski definition) is 1. The number of anilines is 2. The largest absolute Gasteiger partial charge is 0.573 e. The summed E-state index contributed by atoms with van der Waals surface area (Å²) < 4.78 is 42.8. The third-order valence-corrected chi connectivity index (χ3v) is 5.02. The van der Waals surface area contributed by atoms with Crippen LogP contribution in [0.5, 0.6) is 5.75 Å². The minimum absolute atomic E-state index is 0.0527. The Morgan fingerprint density at radius 2 is 2.06 bits per heavy atom. The fourth-order valence-electron chi connectivity index (χ4n) is 3.35. The number of nitrogens with one attached hydrogen (secondary N) is 1. The number of fused-ring (bicyclic) bond motifs is 1. The van der Waals surface area contributed by atoms with E-state index in [-0.39, 0.29) is 34.6 Å². The molecule has 1 aliphatic rings. The Bertz CT molecular complexity index is 1180. The van der Waals surface area contributed by atoms with E-state index in [1.165, 1.54) is 34.1 Å². The lowest BCUT2D eigenvalue weighted by Crippen LogP contribution is -2.43. The van der Waals surface area contributed by atoms with E-state index in [2.05, 4.69) is 20.1 Å². The molecule has 0 aliphatic carbocycles. The number of aromatic nitrogens is 3. The molecule has 2 aromatic heterocycles. The topological polar surface area (TPSA) is 89.3 Å². The minimum Gasteiger partial charge on any atom is -0.404 e. The first kappa shape index (κ1) is 21.6. The molecule has 0 saturated carbocycles. The first-order chi connectivity index (χ1) is 15.1. The molecule has 1 aromatic carbocycles. The number of carbonyl (C=O) groups is 2. The Labute approximate surface area is 184 Å². The molecule has 166 valence electrons. The molecule has 0 spiro atoms. The third-order valence-electron chi connectivity index (χ3n) is 4.72. The van der Waals surface area contributed by atoms with E-state index in [0.29, 0.717) is 5.69 Å². The number of halogens is 4. The van der Waals surface area contributed by atoms with Crippen molar-refractivity contribution in [3.05, 3.63) is 65.2 Å². The van der Waals surface area contributed by atoms with Crippen molar-refractivity contribution in [1.82, 2.24) is 14.8 Å². The predicted octanol–water partition coefficient (Wildman–Crippen LogP) is 4.30. The average molecular weight is 466 g/mol. The summed E-state index contributed by atoms with van der Waals surface area (Å²) in [4.78, 5) is 31.3. The highest BCUT2D eigenvalue weighted by Crippen LogP contribution is 2.35. The lowest BCUT2D eigenvalue weighted by atomic mass is 10.1. The lowest BCUT2D eigenvalue weighted by molar-refractivity contribution is -0.274. The van der Waals surface area contributed by atoms with Crippen molar-refractivity contribution in [2.45, 2.75) is 19.3 Å². The van der Waals surface area contributed by atoms with Gasteiger partial charge in [-0.1, -0.05) is 11.6 Å². The molecule has 0 saturated heterocycles. The molecular formula is C20H15ClF3N5O3. The molecule has 3 heterocycles. The summed E-state index contributed by atoms with van der Waals surface area (Å²) in [6, 6.07) is 6.50. The maximum absolute atomic E-state index is 13.2. The van der Waals surface area contributed by atoms with Crippen LogP contribution in [0.3, 0.4) is 0 Å². The average Bonchev–Trinajstić information content (AvgIpc) is 3.18. The van der Waals surface area contributed by atoms with Crippen molar-refractivity contribution < 1.29 is 27.5 Å². The number of carbonyl (C=O) groups excluding carboxylic acids is 2. The van der Waals surface area contributed by atoms with Crippen molar-refractivity contribution in [2.75, 3.05) is 16.8 Å². The SMILES string of the molecule is C[C@H]1CN(c2ccc(OC(F)(F)F)c(Cl)c2)C(=O)c2c(C(=O)Nc3cccnc3)cnn21. The molecule has 3 aromatic rings. The fraction of sp³-hybridized carbons (Fsp3) is 0.200. The van der Waals surface area contributed by atoms with Gasteiger partial charge in [-0.15, -0.1) is 13.2 Å². The first-order valence-corrected chi connectivity index (χ1v) is 9.68. The normalized spacial score (nSPS) is 16.0. The van der Waals surface area contributed by atoms with Crippen LogP contribution in [0.25, 0.3) is 0 Å². The van der Waals surface area contributed by atoms with E-state index in [9.17, 15) is 22.8 Å². The smallest absolute Gasteiger partial charge is 0.404 e. The van der Waals surface area contributed by atoms with Crippen LogP contribution in [-0.2, 0) is 0 Å². The molecule has 0 fully saturated rings. The van der Waals surface area contributed by atoms with Crippen LogP contribution in [0.1, 0.15) is 33.8 Å². The molecule has 8 nitrogen and oxygen atoms in total. The van der Waals surface area contributed by atoms with E-state index in [0.717, 1.165) is 6.07 Å². The molecule has 12 heteroatoms. The van der Waals surface area contributed by atoms with Crippen molar-refractivity contribution in [3.63, 3.8) is 0 Å². The van der Waals surface area contributed by atoms with Crippen LogP contribution < -0.4 is 15.0 Å². The van der Waals surface area contributed by atoms with Gasteiger partial charge in [-0.25, -0.2) is 0 Å². The summed E-state index contributed by atoms with van der Waals surface area (Å²) in [7, 11) is 0. The van der Waals surface area contributed by atoms with Gasteiger partial charge in [-0.2, -0.15) is 5.10 Å². The van der Waals surface area contributed by atoms with Gasteiger partial charge < -0.3 is 15.0 Å². The Kier molecular flexibility index (Phi) is 5.51. The lowest BCUT2D eigenvalue weighted by Gasteiger charge is -2.32. The fourth-order valence-corrected chi connectivity index (χ4v) is 3.56.